The number of nitro benzene ring substituents is 1. The van der Waals surface area contributed by atoms with Gasteiger partial charge in [0.25, 0.3) is 5.69 Å². The van der Waals surface area contributed by atoms with E-state index in [1.165, 1.54) is 6.07 Å². The summed E-state index contributed by atoms with van der Waals surface area (Å²) in [5, 5.41) is 10.9. The van der Waals surface area contributed by atoms with E-state index in [1.807, 2.05) is 6.92 Å². The summed E-state index contributed by atoms with van der Waals surface area (Å²) in [5.74, 6) is 0. The van der Waals surface area contributed by atoms with Gasteiger partial charge in [-0.25, -0.2) is 13.1 Å². The second-order valence-electron chi connectivity index (χ2n) is 5.67. The quantitative estimate of drug-likeness (QED) is 0.475. The second-order valence-corrected chi connectivity index (χ2v) is 7.32. The summed E-state index contributed by atoms with van der Waals surface area (Å²) < 4.78 is 27.5. The first-order valence-electron chi connectivity index (χ1n) is 6.58. The van der Waals surface area contributed by atoms with Gasteiger partial charge in [-0.15, -0.1) is 0 Å². The van der Waals surface area contributed by atoms with Gasteiger partial charge in [-0.1, -0.05) is 13.3 Å². The average Bonchev–Trinajstić information content (AvgIpc) is 2.25. The molecular formula is C13H21N3O4S. The third kappa shape index (κ3) is 4.15. The van der Waals surface area contributed by atoms with Gasteiger partial charge in [0.2, 0.25) is 10.0 Å². The first-order valence-corrected chi connectivity index (χ1v) is 8.07. The molecule has 8 heteroatoms. The molecule has 0 saturated carbocycles. The van der Waals surface area contributed by atoms with Crippen molar-refractivity contribution in [1.82, 2.24) is 4.72 Å². The van der Waals surface area contributed by atoms with Crippen LogP contribution in [0, 0.1) is 17.0 Å². The highest BCUT2D eigenvalue weighted by molar-refractivity contribution is 7.89. The molecule has 0 aliphatic rings. The predicted molar refractivity (Wildman–Crippen MR) is 81.6 cm³/mol. The van der Waals surface area contributed by atoms with Gasteiger partial charge >= 0.3 is 0 Å². The Morgan fingerprint density at radius 1 is 1.38 bits per heavy atom. The zero-order valence-corrected chi connectivity index (χ0v) is 13.5. The molecule has 7 nitrogen and oxygen atoms in total. The Kier molecular flexibility index (Phi) is 4.95. The molecule has 0 atom stereocenters. The molecule has 0 aliphatic heterocycles. The summed E-state index contributed by atoms with van der Waals surface area (Å²) in [6.45, 7) is 7.06. The summed E-state index contributed by atoms with van der Waals surface area (Å²) in [4.78, 5) is 10.1. The Bertz CT molecular complexity index is 654. The minimum atomic E-state index is -3.85. The molecule has 0 aromatic heterocycles. The molecule has 1 aromatic rings. The number of hydrogen-bond acceptors (Lipinski definition) is 5. The normalized spacial score (nSPS) is 12.4. The van der Waals surface area contributed by atoms with Gasteiger partial charge in [-0.2, -0.15) is 0 Å². The van der Waals surface area contributed by atoms with Crippen LogP contribution in [0.4, 0.5) is 11.4 Å². The zero-order valence-electron chi connectivity index (χ0n) is 12.6. The molecule has 21 heavy (non-hydrogen) atoms. The molecule has 1 aromatic carbocycles. The van der Waals surface area contributed by atoms with Crippen LogP contribution in [0.1, 0.15) is 39.2 Å². The smallest absolute Gasteiger partial charge is 0.293 e. The maximum atomic E-state index is 12.5. The van der Waals surface area contributed by atoms with E-state index in [-0.39, 0.29) is 10.6 Å². The topological polar surface area (TPSA) is 115 Å². The fraction of sp³-hybridized carbons (Fsp3) is 0.538. The van der Waals surface area contributed by atoms with E-state index < -0.39 is 26.2 Å². The van der Waals surface area contributed by atoms with Gasteiger partial charge in [0, 0.05) is 11.6 Å². The fourth-order valence-electron chi connectivity index (χ4n) is 2.24. The van der Waals surface area contributed by atoms with E-state index in [4.69, 9.17) is 5.73 Å². The Hall–Kier alpha value is -1.67. The van der Waals surface area contributed by atoms with Crippen molar-refractivity contribution in [3.05, 3.63) is 27.8 Å². The molecule has 0 amide bonds. The molecule has 1 rings (SSSR count). The number of benzene rings is 1. The third-order valence-electron chi connectivity index (χ3n) is 3.10. The number of nitrogens with two attached hydrogens (primary N) is 1. The van der Waals surface area contributed by atoms with Crippen molar-refractivity contribution < 1.29 is 13.3 Å². The molecule has 0 bridgehead atoms. The minimum Gasteiger partial charge on any atom is -0.393 e. The van der Waals surface area contributed by atoms with Crippen molar-refractivity contribution in [3.8, 4) is 0 Å². The first kappa shape index (κ1) is 17.4. The highest BCUT2D eigenvalue weighted by atomic mass is 32.2. The lowest BCUT2D eigenvalue weighted by Gasteiger charge is -2.25. The van der Waals surface area contributed by atoms with Gasteiger partial charge < -0.3 is 5.73 Å². The van der Waals surface area contributed by atoms with Crippen molar-refractivity contribution in [1.29, 1.82) is 0 Å². The highest BCUT2D eigenvalue weighted by Crippen LogP contribution is 2.29. The number of sulfonamides is 1. The molecule has 0 fully saturated rings. The van der Waals surface area contributed by atoms with Crippen molar-refractivity contribution in [2.24, 2.45) is 0 Å². The zero-order chi connectivity index (χ0) is 16.4. The lowest BCUT2D eigenvalue weighted by molar-refractivity contribution is -0.384. The van der Waals surface area contributed by atoms with Crippen LogP contribution in [0.15, 0.2) is 17.0 Å². The second kappa shape index (κ2) is 5.98. The van der Waals surface area contributed by atoms with Crippen molar-refractivity contribution in [2.75, 3.05) is 5.73 Å². The summed E-state index contributed by atoms with van der Waals surface area (Å²) in [7, 11) is -3.85. The summed E-state index contributed by atoms with van der Waals surface area (Å²) in [6.07, 6.45) is 1.47. The number of aryl methyl sites for hydroxylation is 1. The monoisotopic (exact) mass is 315 g/mol. The van der Waals surface area contributed by atoms with Crippen molar-refractivity contribution in [2.45, 2.75) is 51.0 Å². The maximum absolute atomic E-state index is 12.5. The van der Waals surface area contributed by atoms with Crippen LogP contribution >= 0.6 is 0 Å². The predicted octanol–water partition coefficient (Wildman–Crippen LogP) is 2.34. The largest absolute Gasteiger partial charge is 0.393 e. The number of nitro groups is 1. The lowest BCUT2D eigenvalue weighted by Crippen LogP contribution is -2.43. The van der Waals surface area contributed by atoms with Crippen molar-refractivity contribution >= 4 is 21.4 Å². The van der Waals surface area contributed by atoms with Gasteiger partial charge in [0.15, 0.2) is 0 Å². The van der Waals surface area contributed by atoms with Crippen molar-refractivity contribution in [3.63, 3.8) is 0 Å². The Morgan fingerprint density at radius 3 is 2.43 bits per heavy atom. The van der Waals surface area contributed by atoms with Gasteiger partial charge in [0.1, 0.15) is 5.69 Å². The standard InChI is InChI=1S/C13H21N3O4S/c1-5-6-13(3,4)15-21(19,20)12-8-11(16(17)18)10(14)7-9(12)2/h7-8,15H,5-6,14H2,1-4H3. The Balaban J connectivity index is 3.32. The Morgan fingerprint density at radius 2 is 1.95 bits per heavy atom. The number of rotatable bonds is 6. The van der Waals surface area contributed by atoms with E-state index >= 15 is 0 Å². The summed E-state index contributed by atoms with van der Waals surface area (Å²) in [6, 6.07) is 2.31. The summed E-state index contributed by atoms with van der Waals surface area (Å²) >= 11 is 0. The number of nitrogens with one attached hydrogen (secondary N) is 1. The third-order valence-corrected chi connectivity index (χ3v) is 4.94. The molecule has 0 radical (unpaired) electrons. The molecule has 0 spiro atoms. The molecular weight excluding hydrogens is 294 g/mol. The molecule has 118 valence electrons. The van der Waals surface area contributed by atoms with E-state index in [0.717, 1.165) is 12.5 Å². The van der Waals surface area contributed by atoms with Crippen LogP contribution < -0.4 is 10.5 Å². The SMILES string of the molecule is CCCC(C)(C)NS(=O)(=O)c1cc([N+](=O)[O-])c(N)cc1C. The first-order chi connectivity index (χ1) is 9.50. The van der Waals surface area contributed by atoms with E-state index in [1.54, 1.807) is 20.8 Å². The van der Waals surface area contributed by atoms with Gasteiger partial charge in [-0.3, -0.25) is 10.1 Å². The maximum Gasteiger partial charge on any atom is 0.293 e. The lowest BCUT2D eigenvalue weighted by atomic mass is 10.0. The van der Waals surface area contributed by atoms with Crippen LogP contribution in [0.3, 0.4) is 0 Å². The van der Waals surface area contributed by atoms with Crippen LogP contribution in [-0.4, -0.2) is 18.9 Å². The van der Waals surface area contributed by atoms with Gasteiger partial charge in [-0.05, 0) is 38.8 Å². The van der Waals surface area contributed by atoms with Crippen LogP contribution in [0.25, 0.3) is 0 Å². The molecule has 0 saturated heterocycles. The number of anilines is 1. The van der Waals surface area contributed by atoms with E-state index in [0.29, 0.717) is 12.0 Å². The number of nitrogens with zero attached hydrogens (tertiary/aromatic N) is 1. The number of nitrogen functional groups attached to an aromatic ring is 1. The molecule has 0 aliphatic carbocycles. The fourth-order valence-corrected chi connectivity index (χ4v) is 3.93. The average molecular weight is 315 g/mol. The minimum absolute atomic E-state index is 0.0516. The van der Waals surface area contributed by atoms with Crippen LogP contribution in [0.2, 0.25) is 0 Å². The van der Waals surface area contributed by atoms with Gasteiger partial charge in [0.05, 0.1) is 9.82 Å². The number of hydrogen-bond donors (Lipinski definition) is 2. The van der Waals surface area contributed by atoms with Crippen LogP contribution in [-0.2, 0) is 10.0 Å². The van der Waals surface area contributed by atoms with E-state index in [9.17, 15) is 18.5 Å². The van der Waals surface area contributed by atoms with Crippen LogP contribution in [0.5, 0.6) is 0 Å². The Labute approximate surface area is 124 Å². The summed E-state index contributed by atoms with van der Waals surface area (Å²) in [5.41, 5.74) is 4.84. The highest BCUT2D eigenvalue weighted by Gasteiger charge is 2.28. The molecule has 3 N–H and O–H groups in total. The molecule has 0 unspecified atom stereocenters. The van der Waals surface area contributed by atoms with E-state index in [2.05, 4.69) is 4.72 Å². The molecule has 0 heterocycles.